The maximum Gasteiger partial charge on any atom is 0.0721 e. The number of carbonyl (C=O) groups excluding carboxylic acids is 2. The van der Waals surface area contributed by atoms with Crippen LogP contribution >= 0.6 is 0 Å². The van der Waals surface area contributed by atoms with E-state index in [1.54, 1.807) is 12.1 Å². The summed E-state index contributed by atoms with van der Waals surface area (Å²) in [5, 5.41) is 22.4. The molecule has 0 unspecified atom stereocenters. The van der Waals surface area contributed by atoms with Gasteiger partial charge in [0, 0.05) is 11.1 Å². The molecule has 0 aliphatic heterocycles. The quantitative estimate of drug-likeness (QED) is 0.679. The van der Waals surface area contributed by atoms with Gasteiger partial charge >= 0.3 is 0 Å². The molecule has 0 radical (unpaired) electrons. The van der Waals surface area contributed by atoms with Crippen LogP contribution in [0.3, 0.4) is 0 Å². The minimum Gasteiger partial charge on any atom is -0.545 e. The molecule has 0 amide bonds. The molecule has 16 heavy (non-hydrogen) atoms. The molecule has 0 saturated heterocycles. The summed E-state index contributed by atoms with van der Waals surface area (Å²) in [6.07, 6.45) is 0. The van der Waals surface area contributed by atoms with E-state index < -0.39 is 11.9 Å². The fourth-order valence-corrected chi connectivity index (χ4v) is 1.68. The Kier molecular flexibility index (Phi) is 2.32. The Morgan fingerprint density at radius 3 is 1.62 bits per heavy atom. The van der Waals surface area contributed by atoms with Crippen molar-refractivity contribution in [3.8, 4) is 0 Å². The van der Waals surface area contributed by atoms with Crippen LogP contribution in [-0.2, 0) is 0 Å². The molecule has 0 heterocycles. The first-order chi connectivity index (χ1) is 7.61. The lowest BCUT2D eigenvalue weighted by Gasteiger charge is -2.12. The molecule has 4 heteroatoms. The molecule has 4 nitrogen and oxygen atoms in total. The molecule has 0 aromatic heterocycles. The van der Waals surface area contributed by atoms with Gasteiger partial charge < -0.3 is 19.8 Å². The molecule has 0 N–H and O–H groups in total. The number of hydrogen-bond donors (Lipinski definition) is 0. The van der Waals surface area contributed by atoms with E-state index in [2.05, 4.69) is 0 Å². The lowest BCUT2D eigenvalue weighted by atomic mass is 9.99. The Bertz CT molecular complexity index is 538. The third kappa shape index (κ3) is 1.50. The Morgan fingerprint density at radius 1 is 0.812 bits per heavy atom. The zero-order valence-electron chi connectivity index (χ0n) is 8.10. The predicted molar refractivity (Wildman–Crippen MR) is 52.6 cm³/mol. The molecule has 0 saturated carbocycles. The third-order valence-electron chi connectivity index (χ3n) is 2.34. The number of carboxylic acids is 2. The van der Waals surface area contributed by atoms with Gasteiger partial charge in [-0.15, -0.1) is 0 Å². The van der Waals surface area contributed by atoms with Gasteiger partial charge in [0.25, 0.3) is 0 Å². The van der Waals surface area contributed by atoms with Crippen LogP contribution in [0.25, 0.3) is 10.8 Å². The van der Waals surface area contributed by atoms with Crippen LogP contribution in [0.1, 0.15) is 20.7 Å². The van der Waals surface area contributed by atoms with Gasteiger partial charge in [0.15, 0.2) is 0 Å². The Morgan fingerprint density at radius 2 is 1.25 bits per heavy atom. The van der Waals surface area contributed by atoms with E-state index >= 15 is 0 Å². The molecule has 0 fully saturated rings. The van der Waals surface area contributed by atoms with Gasteiger partial charge in [-0.25, -0.2) is 0 Å². The lowest BCUT2D eigenvalue weighted by molar-refractivity contribution is -0.255. The van der Waals surface area contributed by atoms with E-state index in [0.29, 0.717) is 5.39 Å². The molecular formula is C12H6O4-2. The average Bonchev–Trinajstić information content (AvgIpc) is 2.27. The van der Waals surface area contributed by atoms with Crippen LogP contribution in [0.5, 0.6) is 0 Å². The van der Waals surface area contributed by atoms with Crippen LogP contribution in [0.15, 0.2) is 36.4 Å². The number of carboxylic acid groups (broad SMARTS) is 2. The van der Waals surface area contributed by atoms with E-state index in [1.165, 1.54) is 24.3 Å². The summed E-state index contributed by atoms with van der Waals surface area (Å²) in [5.41, 5.74) is -0.283. The number of hydrogen-bond acceptors (Lipinski definition) is 4. The van der Waals surface area contributed by atoms with E-state index in [9.17, 15) is 19.8 Å². The summed E-state index contributed by atoms with van der Waals surface area (Å²) in [4.78, 5) is 21.7. The summed E-state index contributed by atoms with van der Waals surface area (Å²) in [7, 11) is 0. The number of aromatic carboxylic acids is 2. The molecule has 0 spiro atoms. The van der Waals surface area contributed by atoms with Crippen LogP contribution in [0, 0.1) is 0 Å². The Hall–Kier alpha value is -2.36. The van der Waals surface area contributed by atoms with Gasteiger partial charge in [-0.3, -0.25) is 0 Å². The molecule has 2 rings (SSSR count). The maximum absolute atomic E-state index is 10.9. The van der Waals surface area contributed by atoms with Crippen molar-refractivity contribution in [2.24, 2.45) is 0 Å². The number of carbonyl (C=O) groups is 2. The van der Waals surface area contributed by atoms with Crippen molar-refractivity contribution in [1.82, 2.24) is 0 Å². The van der Waals surface area contributed by atoms with E-state index in [4.69, 9.17) is 0 Å². The fraction of sp³-hybridized carbons (Fsp3) is 0. The van der Waals surface area contributed by atoms with E-state index in [1.807, 2.05) is 0 Å². The van der Waals surface area contributed by atoms with Gasteiger partial charge in [-0.1, -0.05) is 36.4 Å². The van der Waals surface area contributed by atoms with Crippen molar-refractivity contribution in [2.45, 2.75) is 0 Å². The van der Waals surface area contributed by atoms with E-state index in [0.717, 1.165) is 0 Å². The van der Waals surface area contributed by atoms with Gasteiger partial charge in [0.2, 0.25) is 0 Å². The summed E-state index contributed by atoms with van der Waals surface area (Å²) in [5.74, 6) is -2.81. The highest BCUT2D eigenvalue weighted by atomic mass is 16.4. The standard InChI is InChI=1S/C12H8O4/c13-11(14)8-5-1-3-7-4-2-6-9(10(7)8)12(15)16/h1-6H,(H,13,14)(H,15,16)/p-2. The first-order valence-electron chi connectivity index (χ1n) is 4.55. The number of rotatable bonds is 2. The van der Waals surface area contributed by atoms with Crippen molar-refractivity contribution < 1.29 is 19.8 Å². The SMILES string of the molecule is O=C([O-])c1cccc2cccc(C(=O)[O-])c12. The highest BCUT2D eigenvalue weighted by Crippen LogP contribution is 2.22. The highest BCUT2D eigenvalue weighted by molar-refractivity contribution is 6.11. The van der Waals surface area contributed by atoms with Gasteiger partial charge in [-0.05, 0) is 10.8 Å². The van der Waals surface area contributed by atoms with Crippen molar-refractivity contribution in [1.29, 1.82) is 0 Å². The molecule has 0 aliphatic carbocycles. The van der Waals surface area contributed by atoms with Gasteiger partial charge in [0.1, 0.15) is 0 Å². The molecule has 0 bridgehead atoms. The molecule has 80 valence electrons. The first kappa shape index (κ1) is 10.2. The monoisotopic (exact) mass is 214 g/mol. The smallest absolute Gasteiger partial charge is 0.0721 e. The van der Waals surface area contributed by atoms with Crippen LogP contribution < -0.4 is 10.2 Å². The summed E-state index contributed by atoms with van der Waals surface area (Å²) < 4.78 is 0. The zero-order valence-corrected chi connectivity index (χ0v) is 8.10. The minimum absolute atomic E-state index is 0.141. The van der Waals surface area contributed by atoms with Crippen molar-refractivity contribution in [2.75, 3.05) is 0 Å². The molecular weight excluding hydrogens is 208 g/mol. The molecule has 2 aromatic carbocycles. The normalized spacial score (nSPS) is 10.2. The van der Waals surface area contributed by atoms with Crippen LogP contribution in [0.4, 0.5) is 0 Å². The summed E-state index contributed by atoms with van der Waals surface area (Å²) in [6, 6.07) is 8.95. The van der Waals surface area contributed by atoms with Crippen LogP contribution in [-0.4, -0.2) is 11.9 Å². The Balaban J connectivity index is 2.92. The second-order valence-electron chi connectivity index (χ2n) is 3.28. The minimum atomic E-state index is -1.40. The molecule has 0 atom stereocenters. The largest absolute Gasteiger partial charge is 0.545 e. The van der Waals surface area contributed by atoms with Crippen molar-refractivity contribution in [3.63, 3.8) is 0 Å². The van der Waals surface area contributed by atoms with E-state index in [-0.39, 0.29) is 16.5 Å². The second-order valence-corrected chi connectivity index (χ2v) is 3.28. The number of benzene rings is 2. The lowest BCUT2D eigenvalue weighted by Crippen LogP contribution is -2.26. The highest BCUT2D eigenvalue weighted by Gasteiger charge is 2.07. The average molecular weight is 214 g/mol. The van der Waals surface area contributed by atoms with Crippen molar-refractivity contribution >= 4 is 22.7 Å². The van der Waals surface area contributed by atoms with Crippen molar-refractivity contribution in [3.05, 3.63) is 47.5 Å². The zero-order chi connectivity index (χ0) is 11.7. The third-order valence-corrected chi connectivity index (χ3v) is 2.34. The van der Waals surface area contributed by atoms with Gasteiger partial charge in [0.05, 0.1) is 11.9 Å². The molecule has 0 aliphatic rings. The van der Waals surface area contributed by atoms with Gasteiger partial charge in [-0.2, -0.15) is 0 Å². The first-order valence-corrected chi connectivity index (χ1v) is 4.55. The predicted octanol–water partition coefficient (Wildman–Crippen LogP) is -0.433. The molecule has 2 aromatic rings. The number of fused-ring (bicyclic) bond motifs is 1. The topological polar surface area (TPSA) is 80.3 Å². The second kappa shape index (κ2) is 3.66. The maximum atomic E-state index is 10.9. The fourth-order valence-electron chi connectivity index (χ4n) is 1.68. The Labute approximate surface area is 90.8 Å². The van der Waals surface area contributed by atoms with Crippen LogP contribution in [0.2, 0.25) is 0 Å². The summed E-state index contributed by atoms with van der Waals surface area (Å²) >= 11 is 0. The summed E-state index contributed by atoms with van der Waals surface area (Å²) in [6.45, 7) is 0.